The Balaban J connectivity index is 1.77. The van der Waals surface area contributed by atoms with Crippen molar-refractivity contribution in [2.75, 3.05) is 0 Å². The number of amides is 1. The highest BCUT2D eigenvalue weighted by atomic mass is 16.3. The van der Waals surface area contributed by atoms with Crippen molar-refractivity contribution in [1.29, 1.82) is 0 Å². The molecule has 1 amide bonds. The summed E-state index contributed by atoms with van der Waals surface area (Å²) in [6.45, 7) is 4.01. The average molecular weight is 279 g/mol. The van der Waals surface area contributed by atoms with E-state index >= 15 is 0 Å². The molecule has 3 heteroatoms. The standard InChI is InChI=1S/C18H17NO2/c1-12-7-9-14(10-8-12)13(2)19-18(20)17-11-15-5-3-4-6-16(15)21-17/h3-11,13H,1-2H3,(H,19,20)/t13-/m1/s1. The summed E-state index contributed by atoms with van der Waals surface area (Å²) in [6, 6.07) is 17.4. The minimum absolute atomic E-state index is 0.0636. The van der Waals surface area contributed by atoms with Crippen LogP contribution in [-0.4, -0.2) is 5.91 Å². The topological polar surface area (TPSA) is 42.2 Å². The van der Waals surface area contributed by atoms with Crippen LogP contribution in [0.2, 0.25) is 0 Å². The van der Waals surface area contributed by atoms with Crippen LogP contribution in [0.3, 0.4) is 0 Å². The van der Waals surface area contributed by atoms with E-state index in [0.29, 0.717) is 5.76 Å². The molecule has 2 aromatic carbocycles. The van der Waals surface area contributed by atoms with E-state index in [1.54, 1.807) is 6.07 Å². The van der Waals surface area contributed by atoms with E-state index in [1.807, 2.05) is 62.4 Å². The van der Waals surface area contributed by atoms with Crippen molar-refractivity contribution in [1.82, 2.24) is 5.32 Å². The van der Waals surface area contributed by atoms with Gasteiger partial charge in [0.2, 0.25) is 0 Å². The van der Waals surface area contributed by atoms with E-state index in [2.05, 4.69) is 5.32 Å². The number of carbonyl (C=O) groups excluding carboxylic acids is 1. The summed E-state index contributed by atoms with van der Waals surface area (Å²) >= 11 is 0. The van der Waals surface area contributed by atoms with Gasteiger partial charge in [0.15, 0.2) is 5.76 Å². The molecule has 0 saturated carbocycles. The molecule has 0 aliphatic rings. The minimum Gasteiger partial charge on any atom is -0.451 e. The van der Waals surface area contributed by atoms with E-state index < -0.39 is 0 Å². The Morgan fingerprint density at radius 3 is 2.52 bits per heavy atom. The largest absolute Gasteiger partial charge is 0.451 e. The third-order valence-electron chi connectivity index (χ3n) is 3.57. The van der Waals surface area contributed by atoms with Crippen molar-refractivity contribution >= 4 is 16.9 Å². The summed E-state index contributed by atoms with van der Waals surface area (Å²) in [7, 11) is 0. The molecule has 0 bridgehead atoms. The van der Waals surface area contributed by atoms with Gasteiger partial charge in [-0.15, -0.1) is 0 Å². The van der Waals surface area contributed by atoms with Gasteiger partial charge in [0.1, 0.15) is 5.58 Å². The molecule has 3 rings (SSSR count). The molecule has 106 valence electrons. The second-order valence-electron chi connectivity index (χ2n) is 5.25. The summed E-state index contributed by atoms with van der Waals surface area (Å²) < 4.78 is 5.57. The first kappa shape index (κ1) is 13.4. The van der Waals surface area contributed by atoms with Gasteiger partial charge >= 0.3 is 0 Å². The number of carbonyl (C=O) groups is 1. The quantitative estimate of drug-likeness (QED) is 0.779. The number of para-hydroxylation sites is 1. The molecule has 1 heterocycles. The van der Waals surface area contributed by atoms with Gasteiger partial charge in [0.25, 0.3) is 5.91 Å². The number of rotatable bonds is 3. The predicted octanol–water partition coefficient (Wildman–Crippen LogP) is 4.23. The Labute approximate surface area is 123 Å². The lowest BCUT2D eigenvalue weighted by molar-refractivity contribution is 0.0914. The zero-order valence-electron chi connectivity index (χ0n) is 12.1. The van der Waals surface area contributed by atoms with Gasteiger partial charge in [0, 0.05) is 5.39 Å². The molecule has 1 atom stereocenters. The second-order valence-corrected chi connectivity index (χ2v) is 5.25. The molecule has 0 radical (unpaired) electrons. The minimum atomic E-state index is -0.195. The SMILES string of the molecule is Cc1ccc([C@@H](C)NC(=O)c2cc3ccccc3o2)cc1. The highest BCUT2D eigenvalue weighted by molar-refractivity contribution is 5.96. The maximum Gasteiger partial charge on any atom is 0.287 e. The van der Waals surface area contributed by atoms with E-state index in [0.717, 1.165) is 16.5 Å². The number of benzene rings is 2. The molecule has 1 N–H and O–H groups in total. The molecule has 0 aliphatic heterocycles. The Kier molecular flexibility index (Phi) is 3.48. The summed E-state index contributed by atoms with van der Waals surface area (Å²) in [5, 5.41) is 3.90. The normalized spacial score (nSPS) is 12.3. The van der Waals surface area contributed by atoms with Crippen molar-refractivity contribution in [3.63, 3.8) is 0 Å². The Morgan fingerprint density at radius 2 is 1.81 bits per heavy atom. The number of aryl methyl sites for hydroxylation is 1. The summed E-state index contributed by atoms with van der Waals surface area (Å²) in [5.74, 6) is 0.148. The predicted molar refractivity (Wildman–Crippen MR) is 83.3 cm³/mol. The fraction of sp³-hybridized carbons (Fsp3) is 0.167. The molecule has 0 aliphatic carbocycles. The van der Waals surface area contributed by atoms with Crippen molar-refractivity contribution in [2.45, 2.75) is 19.9 Å². The van der Waals surface area contributed by atoms with Crippen molar-refractivity contribution in [3.05, 3.63) is 71.5 Å². The van der Waals surface area contributed by atoms with Crippen molar-refractivity contribution in [3.8, 4) is 0 Å². The molecular weight excluding hydrogens is 262 g/mol. The van der Waals surface area contributed by atoms with Crippen LogP contribution in [0.25, 0.3) is 11.0 Å². The van der Waals surface area contributed by atoms with E-state index in [-0.39, 0.29) is 11.9 Å². The van der Waals surface area contributed by atoms with Gasteiger partial charge in [-0.25, -0.2) is 0 Å². The number of furan rings is 1. The first-order valence-electron chi connectivity index (χ1n) is 6.99. The molecular formula is C18H17NO2. The monoisotopic (exact) mass is 279 g/mol. The summed E-state index contributed by atoms with van der Waals surface area (Å²) in [4.78, 5) is 12.3. The van der Waals surface area contributed by atoms with Gasteiger partial charge in [0.05, 0.1) is 6.04 Å². The molecule has 0 spiro atoms. The third-order valence-corrected chi connectivity index (χ3v) is 3.57. The van der Waals surface area contributed by atoms with Crippen LogP contribution in [-0.2, 0) is 0 Å². The van der Waals surface area contributed by atoms with Crippen LogP contribution in [0.1, 0.15) is 34.6 Å². The van der Waals surface area contributed by atoms with Crippen LogP contribution in [0, 0.1) is 6.92 Å². The lowest BCUT2D eigenvalue weighted by atomic mass is 10.1. The number of hydrogen-bond acceptors (Lipinski definition) is 2. The van der Waals surface area contributed by atoms with Crippen LogP contribution < -0.4 is 5.32 Å². The smallest absolute Gasteiger partial charge is 0.287 e. The highest BCUT2D eigenvalue weighted by Gasteiger charge is 2.15. The van der Waals surface area contributed by atoms with Gasteiger partial charge in [-0.1, -0.05) is 48.0 Å². The highest BCUT2D eigenvalue weighted by Crippen LogP contribution is 2.20. The first-order chi connectivity index (χ1) is 10.1. The molecule has 21 heavy (non-hydrogen) atoms. The van der Waals surface area contributed by atoms with E-state index in [4.69, 9.17) is 4.42 Å². The fourth-order valence-corrected chi connectivity index (χ4v) is 2.30. The Hall–Kier alpha value is -2.55. The third kappa shape index (κ3) is 2.82. The summed E-state index contributed by atoms with van der Waals surface area (Å²) in [6.07, 6.45) is 0. The van der Waals surface area contributed by atoms with E-state index in [1.165, 1.54) is 5.56 Å². The first-order valence-corrected chi connectivity index (χ1v) is 6.99. The Bertz CT molecular complexity index is 738. The molecule has 0 unspecified atom stereocenters. The van der Waals surface area contributed by atoms with Gasteiger partial charge in [-0.3, -0.25) is 4.79 Å². The van der Waals surface area contributed by atoms with Gasteiger partial charge in [-0.2, -0.15) is 0 Å². The maximum absolute atomic E-state index is 12.3. The van der Waals surface area contributed by atoms with E-state index in [9.17, 15) is 4.79 Å². The van der Waals surface area contributed by atoms with Crippen LogP contribution in [0.4, 0.5) is 0 Å². The number of fused-ring (bicyclic) bond motifs is 1. The molecule has 3 aromatic rings. The average Bonchev–Trinajstić information content (AvgIpc) is 2.92. The van der Waals surface area contributed by atoms with Crippen LogP contribution in [0.15, 0.2) is 59.0 Å². The lowest BCUT2D eigenvalue weighted by Gasteiger charge is -2.13. The maximum atomic E-state index is 12.3. The van der Waals surface area contributed by atoms with Crippen molar-refractivity contribution < 1.29 is 9.21 Å². The summed E-state index contributed by atoms with van der Waals surface area (Å²) in [5.41, 5.74) is 3.00. The zero-order chi connectivity index (χ0) is 14.8. The molecule has 1 aromatic heterocycles. The van der Waals surface area contributed by atoms with Gasteiger partial charge < -0.3 is 9.73 Å². The van der Waals surface area contributed by atoms with Crippen LogP contribution >= 0.6 is 0 Å². The van der Waals surface area contributed by atoms with Crippen LogP contribution in [0.5, 0.6) is 0 Å². The lowest BCUT2D eigenvalue weighted by Crippen LogP contribution is -2.26. The molecule has 0 fully saturated rings. The number of hydrogen-bond donors (Lipinski definition) is 1. The molecule has 3 nitrogen and oxygen atoms in total. The fourth-order valence-electron chi connectivity index (χ4n) is 2.30. The zero-order valence-corrected chi connectivity index (χ0v) is 12.1. The molecule has 0 saturated heterocycles. The van der Waals surface area contributed by atoms with Gasteiger partial charge in [-0.05, 0) is 31.5 Å². The number of nitrogens with one attached hydrogen (secondary N) is 1. The van der Waals surface area contributed by atoms with Crippen molar-refractivity contribution in [2.24, 2.45) is 0 Å². The second kappa shape index (κ2) is 5.44. The Morgan fingerprint density at radius 1 is 1.10 bits per heavy atom.